The van der Waals surface area contributed by atoms with E-state index in [1.807, 2.05) is 13.0 Å². The molecule has 2 aromatic rings. The number of nitrogens with one attached hydrogen (secondary N) is 1. The first kappa shape index (κ1) is 19.9. The quantitative estimate of drug-likeness (QED) is 0.789. The van der Waals surface area contributed by atoms with Crippen LogP contribution in [0, 0.1) is 6.92 Å². The number of fused-ring (bicyclic) bond motifs is 1. The van der Waals surface area contributed by atoms with Gasteiger partial charge in [0.15, 0.2) is 0 Å². The number of carbonyl (C=O) groups is 2. The van der Waals surface area contributed by atoms with E-state index in [4.69, 9.17) is 5.11 Å². The van der Waals surface area contributed by atoms with Gasteiger partial charge in [0.25, 0.3) is 0 Å². The number of pyridine rings is 1. The van der Waals surface area contributed by atoms with Gasteiger partial charge in [0.05, 0.1) is 23.3 Å². The highest BCUT2D eigenvalue weighted by Gasteiger charge is 2.18. The third-order valence-corrected chi connectivity index (χ3v) is 5.07. The molecule has 3 rings (SSSR count). The number of aryl methyl sites for hydroxylation is 1. The second kappa shape index (κ2) is 9.39. The molecule has 1 amide bonds. The maximum Gasteiger partial charge on any atom is 0.303 e. The van der Waals surface area contributed by atoms with Gasteiger partial charge in [0, 0.05) is 12.8 Å². The van der Waals surface area contributed by atoms with Crippen LogP contribution in [0.4, 0.5) is 5.69 Å². The molecule has 0 aromatic carbocycles. The van der Waals surface area contributed by atoms with Crippen LogP contribution >= 0.6 is 0 Å². The maximum absolute atomic E-state index is 11.9. The summed E-state index contributed by atoms with van der Waals surface area (Å²) in [4.78, 5) is 26.9. The Bertz CT molecular complexity index is 849. The first-order chi connectivity index (χ1) is 13.5. The van der Waals surface area contributed by atoms with Crippen molar-refractivity contribution < 1.29 is 14.7 Å². The zero-order chi connectivity index (χ0) is 19.9. The van der Waals surface area contributed by atoms with Crippen LogP contribution in [0.25, 0.3) is 11.4 Å². The average molecular weight is 382 g/mol. The number of carboxylic acids is 1. The minimum Gasteiger partial charge on any atom is -0.481 e. The number of rotatable bonds is 6. The van der Waals surface area contributed by atoms with Crippen LogP contribution < -0.4 is 5.32 Å². The van der Waals surface area contributed by atoms with Crippen molar-refractivity contribution in [2.24, 2.45) is 0 Å². The summed E-state index contributed by atoms with van der Waals surface area (Å²) in [7, 11) is 0. The summed E-state index contributed by atoms with van der Waals surface area (Å²) < 4.78 is 0. The van der Waals surface area contributed by atoms with E-state index in [1.165, 1.54) is 30.4 Å². The highest BCUT2D eigenvalue weighted by molar-refractivity contribution is 5.90. The molecule has 2 heterocycles. The molecule has 0 spiro atoms. The SMILES string of the molecule is Cc1nnc(-c2ccc(NC(=O)CCCC(=O)O)cn2)c2c1CCCCCC2. The Hall–Kier alpha value is -2.83. The number of amides is 1. The molecule has 0 unspecified atom stereocenters. The van der Waals surface area contributed by atoms with Crippen molar-refractivity contribution in [2.45, 2.75) is 64.7 Å². The lowest BCUT2D eigenvalue weighted by Crippen LogP contribution is -2.12. The van der Waals surface area contributed by atoms with E-state index in [0.717, 1.165) is 36.3 Å². The van der Waals surface area contributed by atoms with E-state index in [1.54, 1.807) is 12.3 Å². The van der Waals surface area contributed by atoms with E-state index in [9.17, 15) is 9.59 Å². The normalized spacial score (nSPS) is 13.9. The van der Waals surface area contributed by atoms with Gasteiger partial charge in [0.1, 0.15) is 5.69 Å². The van der Waals surface area contributed by atoms with Crippen LogP contribution in [-0.2, 0) is 22.4 Å². The zero-order valence-corrected chi connectivity index (χ0v) is 16.2. The molecule has 7 heteroatoms. The summed E-state index contributed by atoms with van der Waals surface area (Å²) in [5.74, 6) is -1.11. The number of nitrogens with zero attached hydrogens (tertiary/aromatic N) is 3. The van der Waals surface area contributed by atoms with Crippen molar-refractivity contribution >= 4 is 17.6 Å². The molecule has 2 N–H and O–H groups in total. The number of hydrogen-bond donors (Lipinski definition) is 2. The molecule has 0 saturated heterocycles. The molecule has 0 saturated carbocycles. The molecule has 2 aromatic heterocycles. The molecule has 1 aliphatic carbocycles. The molecular weight excluding hydrogens is 356 g/mol. The van der Waals surface area contributed by atoms with Gasteiger partial charge in [-0.15, -0.1) is 5.10 Å². The zero-order valence-electron chi connectivity index (χ0n) is 16.2. The lowest BCUT2D eigenvalue weighted by molar-refractivity contribution is -0.137. The van der Waals surface area contributed by atoms with Gasteiger partial charge in [0.2, 0.25) is 5.91 Å². The molecule has 28 heavy (non-hydrogen) atoms. The third-order valence-electron chi connectivity index (χ3n) is 5.07. The molecule has 7 nitrogen and oxygen atoms in total. The molecule has 0 fully saturated rings. The lowest BCUT2D eigenvalue weighted by atomic mass is 9.91. The van der Waals surface area contributed by atoms with Crippen molar-refractivity contribution in [1.82, 2.24) is 15.2 Å². The third kappa shape index (κ3) is 5.12. The van der Waals surface area contributed by atoms with Crippen molar-refractivity contribution in [3.8, 4) is 11.4 Å². The molecule has 0 radical (unpaired) electrons. The Morgan fingerprint density at radius 2 is 1.79 bits per heavy atom. The van der Waals surface area contributed by atoms with Gasteiger partial charge >= 0.3 is 5.97 Å². The van der Waals surface area contributed by atoms with Gasteiger partial charge in [-0.1, -0.05) is 12.8 Å². The second-order valence-electron chi connectivity index (χ2n) is 7.23. The number of carbonyl (C=O) groups excluding carboxylic acids is 1. The highest BCUT2D eigenvalue weighted by Crippen LogP contribution is 2.29. The Morgan fingerprint density at radius 3 is 2.46 bits per heavy atom. The van der Waals surface area contributed by atoms with E-state index in [2.05, 4.69) is 20.5 Å². The summed E-state index contributed by atoms with van der Waals surface area (Å²) in [5.41, 5.74) is 5.75. The average Bonchev–Trinajstić information content (AvgIpc) is 2.63. The summed E-state index contributed by atoms with van der Waals surface area (Å²) in [6.07, 6.45) is 8.94. The first-order valence-electron chi connectivity index (χ1n) is 9.87. The fraction of sp³-hybridized carbons (Fsp3) is 0.476. The minimum absolute atomic E-state index is 0.0121. The predicted octanol–water partition coefficient (Wildman–Crippen LogP) is 3.70. The molecular formula is C21H26N4O3. The van der Waals surface area contributed by atoms with Gasteiger partial charge in [-0.2, -0.15) is 5.10 Å². The Morgan fingerprint density at radius 1 is 1.04 bits per heavy atom. The number of aromatic nitrogens is 3. The van der Waals surface area contributed by atoms with Crippen LogP contribution in [0.15, 0.2) is 18.3 Å². The number of carboxylic acid groups (broad SMARTS) is 1. The summed E-state index contributed by atoms with van der Waals surface area (Å²) in [6.45, 7) is 2.02. The summed E-state index contributed by atoms with van der Waals surface area (Å²) in [6, 6.07) is 3.65. The molecule has 0 aliphatic heterocycles. The smallest absolute Gasteiger partial charge is 0.303 e. The standard InChI is InChI=1S/C21H26N4O3/c1-14-16-7-4-2-3-5-8-17(16)21(25-24-14)18-12-11-15(13-22-18)23-19(26)9-6-10-20(27)28/h11-13H,2-10H2,1H3,(H,23,26)(H,27,28). The van der Waals surface area contributed by atoms with Crippen molar-refractivity contribution in [3.63, 3.8) is 0 Å². The summed E-state index contributed by atoms with van der Waals surface area (Å²) in [5, 5.41) is 20.2. The van der Waals surface area contributed by atoms with Crippen molar-refractivity contribution in [1.29, 1.82) is 0 Å². The van der Waals surface area contributed by atoms with E-state index in [0.29, 0.717) is 12.1 Å². The Kier molecular flexibility index (Phi) is 6.68. The Labute approximate surface area is 164 Å². The fourth-order valence-electron chi connectivity index (χ4n) is 3.60. The first-order valence-corrected chi connectivity index (χ1v) is 9.87. The van der Waals surface area contributed by atoms with Gasteiger partial charge in [-0.05, 0) is 62.3 Å². The van der Waals surface area contributed by atoms with Crippen LogP contribution in [-0.4, -0.2) is 32.2 Å². The molecule has 0 bridgehead atoms. The number of anilines is 1. The molecule has 1 aliphatic rings. The van der Waals surface area contributed by atoms with Gasteiger partial charge in [-0.25, -0.2) is 0 Å². The van der Waals surface area contributed by atoms with Gasteiger partial charge in [-0.3, -0.25) is 14.6 Å². The van der Waals surface area contributed by atoms with Crippen molar-refractivity contribution in [3.05, 3.63) is 35.2 Å². The van der Waals surface area contributed by atoms with Gasteiger partial charge < -0.3 is 10.4 Å². The second-order valence-corrected chi connectivity index (χ2v) is 7.23. The van der Waals surface area contributed by atoms with Crippen LogP contribution in [0.3, 0.4) is 0 Å². The maximum atomic E-state index is 11.9. The Balaban J connectivity index is 1.74. The van der Waals surface area contributed by atoms with Crippen LogP contribution in [0.5, 0.6) is 0 Å². The van der Waals surface area contributed by atoms with E-state index >= 15 is 0 Å². The molecule has 0 atom stereocenters. The largest absolute Gasteiger partial charge is 0.481 e. The monoisotopic (exact) mass is 382 g/mol. The summed E-state index contributed by atoms with van der Waals surface area (Å²) >= 11 is 0. The lowest BCUT2D eigenvalue weighted by Gasteiger charge is -2.18. The van der Waals surface area contributed by atoms with Crippen LogP contribution in [0.1, 0.15) is 61.8 Å². The topological polar surface area (TPSA) is 105 Å². The molecule has 148 valence electrons. The number of aliphatic carboxylic acids is 1. The predicted molar refractivity (Wildman–Crippen MR) is 106 cm³/mol. The van der Waals surface area contributed by atoms with Crippen LogP contribution in [0.2, 0.25) is 0 Å². The van der Waals surface area contributed by atoms with Crippen molar-refractivity contribution in [2.75, 3.05) is 5.32 Å². The highest BCUT2D eigenvalue weighted by atomic mass is 16.4. The number of hydrogen-bond acceptors (Lipinski definition) is 5. The minimum atomic E-state index is -0.895. The fourth-order valence-corrected chi connectivity index (χ4v) is 3.60. The van der Waals surface area contributed by atoms with E-state index < -0.39 is 5.97 Å². The van der Waals surface area contributed by atoms with E-state index in [-0.39, 0.29) is 18.7 Å².